The number of hydrogen-bond donors (Lipinski definition) is 8. The molecule has 4 unspecified atom stereocenters. The van der Waals surface area contributed by atoms with Gasteiger partial charge in [-0.1, -0.05) is 0 Å². The third-order valence-corrected chi connectivity index (χ3v) is 3.80. The highest BCUT2D eigenvalue weighted by Crippen LogP contribution is 2.00. The number of carbonyl (C=O) groups excluding carboxylic acids is 3. The molecular formula is C16H29N7O7. The van der Waals surface area contributed by atoms with E-state index in [1.54, 1.807) is 0 Å². The Labute approximate surface area is 172 Å². The lowest BCUT2D eigenvalue weighted by molar-refractivity contribution is -0.142. The molecule has 14 nitrogen and oxygen atoms in total. The Morgan fingerprint density at radius 3 is 1.97 bits per heavy atom. The van der Waals surface area contributed by atoms with Crippen LogP contribution in [0.1, 0.15) is 33.1 Å². The first-order valence-electron chi connectivity index (χ1n) is 9.01. The second-order valence-electron chi connectivity index (χ2n) is 6.51. The maximum absolute atomic E-state index is 12.3. The van der Waals surface area contributed by atoms with Crippen LogP contribution in [0.4, 0.5) is 0 Å². The van der Waals surface area contributed by atoms with Gasteiger partial charge in [0.25, 0.3) is 0 Å². The van der Waals surface area contributed by atoms with Crippen LogP contribution in [0.25, 0.3) is 0 Å². The number of nitrogens with zero attached hydrogens (tertiary/aromatic N) is 1. The molecule has 0 heterocycles. The fourth-order valence-electron chi connectivity index (χ4n) is 2.09. The monoisotopic (exact) mass is 431 g/mol. The maximum atomic E-state index is 12.3. The van der Waals surface area contributed by atoms with Gasteiger partial charge in [-0.2, -0.15) is 0 Å². The summed E-state index contributed by atoms with van der Waals surface area (Å²) in [5, 5.41) is 24.4. The van der Waals surface area contributed by atoms with Crippen molar-refractivity contribution >= 4 is 35.6 Å². The summed E-state index contributed by atoms with van der Waals surface area (Å²) >= 11 is 0. The predicted octanol–water partition coefficient (Wildman–Crippen LogP) is -3.58. The Kier molecular flexibility index (Phi) is 11.5. The molecule has 0 radical (unpaired) electrons. The van der Waals surface area contributed by atoms with Crippen LogP contribution in [0.5, 0.6) is 0 Å². The van der Waals surface area contributed by atoms with Gasteiger partial charge in [-0.3, -0.25) is 29.0 Å². The van der Waals surface area contributed by atoms with Crippen LogP contribution in [0.15, 0.2) is 4.99 Å². The van der Waals surface area contributed by atoms with Gasteiger partial charge >= 0.3 is 11.9 Å². The van der Waals surface area contributed by atoms with Crippen LogP contribution in [0.3, 0.4) is 0 Å². The van der Waals surface area contributed by atoms with Gasteiger partial charge in [-0.05, 0) is 26.7 Å². The maximum Gasteiger partial charge on any atom is 0.325 e. The molecule has 0 saturated heterocycles. The zero-order valence-electron chi connectivity index (χ0n) is 16.8. The van der Waals surface area contributed by atoms with E-state index >= 15 is 0 Å². The third kappa shape index (κ3) is 10.8. The van der Waals surface area contributed by atoms with Gasteiger partial charge in [0.2, 0.25) is 17.7 Å². The van der Waals surface area contributed by atoms with E-state index in [1.807, 2.05) is 0 Å². The van der Waals surface area contributed by atoms with Gasteiger partial charge in [0, 0.05) is 6.54 Å². The van der Waals surface area contributed by atoms with Gasteiger partial charge in [0.1, 0.15) is 18.1 Å². The highest BCUT2D eigenvalue weighted by atomic mass is 16.4. The number of carboxylic acids is 2. The summed E-state index contributed by atoms with van der Waals surface area (Å²) in [5.74, 6) is -5.25. The van der Waals surface area contributed by atoms with E-state index < -0.39 is 60.2 Å². The summed E-state index contributed by atoms with van der Waals surface area (Å²) in [6.07, 6.45) is -0.199. The Balaban J connectivity index is 4.88. The van der Waals surface area contributed by atoms with Crippen molar-refractivity contribution in [2.24, 2.45) is 22.2 Å². The number of amides is 3. The second-order valence-corrected chi connectivity index (χ2v) is 6.51. The fourth-order valence-corrected chi connectivity index (χ4v) is 2.09. The number of aliphatic imine (C=N–C) groups is 1. The van der Waals surface area contributed by atoms with Crippen molar-refractivity contribution < 1.29 is 34.2 Å². The lowest BCUT2D eigenvalue weighted by Gasteiger charge is -2.22. The molecule has 0 aromatic heterocycles. The minimum atomic E-state index is -1.49. The normalized spacial score (nSPS) is 14.4. The van der Waals surface area contributed by atoms with Crippen LogP contribution in [-0.2, 0) is 24.0 Å². The number of rotatable bonds is 13. The van der Waals surface area contributed by atoms with Crippen molar-refractivity contribution in [3.8, 4) is 0 Å². The molecule has 170 valence electrons. The molecule has 0 aliphatic rings. The third-order valence-electron chi connectivity index (χ3n) is 3.80. The van der Waals surface area contributed by atoms with E-state index in [1.165, 1.54) is 13.8 Å². The summed E-state index contributed by atoms with van der Waals surface area (Å²) in [6, 6.07) is -4.91. The molecule has 0 aromatic carbocycles. The first-order chi connectivity index (χ1) is 13.8. The Bertz CT molecular complexity index is 679. The molecule has 14 heteroatoms. The molecule has 0 aromatic rings. The van der Waals surface area contributed by atoms with E-state index in [-0.39, 0.29) is 18.9 Å². The number of guanidine groups is 1. The molecule has 0 fully saturated rings. The summed E-state index contributed by atoms with van der Waals surface area (Å²) in [6.45, 7) is 2.75. The second kappa shape index (κ2) is 12.9. The number of aliphatic carboxylic acids is 2. The minimum absolute atomic E-state index is 0.109. The fraction of sp³-hybridized carbons (Fsp3) is 0.625. The topological polar surface area (TPSA) is 252 Å². The number of nitrogens with one attached hydrogen (secondary N) is 3. The van der Waals surface area contributed by atoms with E-state index in [4.69, 9.17) is 27.4 Å². The quantitative estimate of drug-likeness (QED) is 0.0808. The number of nitrogens with two attached hydrogens (primary N) is 3. The molecule has 30 heavy (non-hydrogen) atoms. The van der Waals surface area contributed by atoms with Crippen LogP contribution < -0.4 is 33.2 Å². The molecule has 0 bridgehead atoms. The Morgan fingerprint density at radius 2 is 1.47 bits per heavy atom. The van der Waals surface area contributed by atoms with Crippen molar-refractivity contribution in [3.63, 3.8) is 0 Å². The SMILES string of the molecule is CC(NC(=O)C(C)NC(=O)C(CC(=O)O)NC(=O)C(N)CCCN=C(N)N)C(=O)O. The lowest BCUT2D eigenvalue weighted by atomic mass is 10.1. The minimum Gasteiger partial charge on any atom is -0.481 e. The van der Waals surface area contributed by atoms with Gasteiger partial charge in [-0.15, -0.1) is 0 Å². The van der Waals surface area contributed by atoms with Crippen molar-refractivity contribution in [1.29, 1.82) is 0 Å². The van der Waals surface area contributed by atoms with E-state index in [9.17, 15) is 24.0 Å². The molecule has 0 spiro atoms. The molecule has 11 N–H and O–H groups in total. The molecular weight excluding hydrogens is 402 g/mol. The van der Waals surface area contributed by atoms with E-state index in [0.29, 0.717) is 6.42 Å². The molecule has 0 rings (SSSR count). The van der Waals surface area contributed by atoms with Crippen LogP contribution in [-0.4, -0.2) is 76.5 Å². The van der Waals surface area contributed by atoms with E-state index in [2.05, 4.69) is 20.9 Å². The predicted molar refractivity (Wildman–Crippen MR) is 105 cm³/mol. The summed E-state index contributed by atoms with van der Waals surface area (Å²) in [7, 11) is 0. The Morgan fingerprint density at radius 1 is 0.900 bits per heavy atom. The first-order valence-corrected chi connectivity index (χ1v) is 9.01. The van der Waals surface area contributed by atoms with E-state index in [0.717, 1.165) is 0 Å². The summed E-state index contributed by atoms with van der Waals surface area (Å²) in [5.41, 5.74) is 16.1. The van der Waals surface area contributed by atoms with Gasteiger partial charge < -0.3 is 43.4 Å². The Hall–Kier alpha value is -3.42. The van der Waals surface area contributed by atoms with Crippen LogP contribution in [0, 0.1) is 0 Å². The van der Waals surface area contributed by atoms with Gasteiger partial charge in [0.15, 0.2) is 5.96 Å². The standard InChI is InChI=1S/C16H29N7O7/c1-7(12(26)22-8(2)15(29)30)21-14(28)10(6-11(24)25)23-13(27)9(17)4-3-5-20-16(18)19/h7-10H,3-6,17H2,1-2H3,(H,21,28)(H,22,26)(H,23,27)(H,24,25)(H,29,30)(H4,18,19,20). The van der Waals surface area contributed by atoms with Gasteiger partial charge in [0.05, 0.1) is 12.5 Å². The smallest absolute Gasteiger partial charge is 0.325 e. The highest BCUT2D eigenvalue weighted by molar-refractivity contribution is 5.95. The number of carboxylic acid groups (broad SMARTS) is 2. The average Bonchev–Trinajstić information content (AvgIpc) is 2.63. The van der Waals surface area contributed by atoms with Crippen molar-refractivity contribution in [2.75, 3.05) is 6.54 Å². The molecule has 0 aliphatic carbocycles. The van der Waals surface area contributed by atoms with Crippen molar-refractivity contribution in [3.05, 3.63) is 0 Å². The molecule has 0 saturated carbocycles. The van der Waals surface area contributed by atoms with Gasteiger partial charge in [-0.25, -0.2) is 0 Å². The van der Waals surface area contributed by atoms with Crippen molar-refractivity contribution in [1.82, 2.24) is 16.0 Å². The zero-order valence-corrected chi connectivity index (χ0v) is 16.8. The van der Waals surface area contributed by atoms with Crippen LogP contribution in [0.2, 0.25) is 0 Å². The molecule has 3 amide bonds. The number of hydrogen-bond acceptors (Lipinski definition) is 7. The molecule has 0 aliphatic heterocycles. The summed E-state index contributed by atoms with van der Waals surface area (Å²) in [4.78, 5) is 62.0. The highest BCUT2D eigenvalue weighted by Gasteiger charge is 2.28. The van der Waals surface area contributed by atoms with Crippen LogP contribution >= 0.6 is 0 Å². The first kappa shape index (κ1) is 26.6. The summed E-state index contributed by atoms with van der Waals surface area (Å²) < 4.78 is 0. The zero-order chi connectivity index (χ0) is 23.4. The molecule has 4 atom stereocenters. The number of carbonyl (C=O) groups is 5. The van der Waals surface area contributed by atoms with Crippen molar-refractivity contribution in [2.45, 2.75) is 57.3 Å². The average molecular weight is 431 g/mol. The lowest BCUT2D eigenvalue weighted by Crippen LogP contribution is -2.56. The largest absolute Gasteiger partial charge is 0.481 e.